The van der Waals surface area contributed by atoms with Gasteiger partial charge in [0.15, 0.2) is 4.54 Å². The van der Waals surface area contributed by atoms with Crippen molar-refractivity contribution in [2.45, 2.75) is 25.7 Å². The Bertz CT molecular complexity index is 806. The molecule has 21 heavy (non-hydrogen) atoms. The van der Waals surface area contributed by atoms with Crippen molar-refractivity contribution < 1.29 is 4.54 Å². The maximum absolute atomic E-state index is 12.5. The molecule has 1 aliphatic carbocycles. The Balaban J connectivity index is 2.17. The topological polar surface area (TPSA) is 90.9 Å². The highest BCUT2D eigenvalue weighted by Crippen LogP contribution is 2.26. The average molecular weight is 285 g/mol. The quantitative estimate of drug-likeness (QED) is 0.788. The lowest BCUT2D eigenvalue weighted by Gasteiger charge is -2.22. The van der Waals surface area contributed by atoms with Gasteiger partial charge in [-0.1, -0.05) is 0 Å². The van der Waals surface area contributed by atoms with Crippen molar-refractivity contribution in [3.8, 4) is 6.07 Å². The van der Waals surface area contributed by atoms with Gasteiger partial charge in [-0.3, -0.25) is 0 Å². The largest absolute Gasteiger partial charge is 0.803 e. The van der Waals surface area contributed by atoms with E-state index in [0.717, 1.165) is 30.4 Å². The second-order valence-electron chi connectivity index (χ2n) is 5.26. The SMILES string of the molecule is CN(CCC#N)c1n[n+](=O)c2cc3c(cc2n1[O-])CCC3. The van der Waals surface area contributed by atoms with Gasteiger partial charge in [-0.05, 0) is 36.5 Å². The number of nitrogens with zero attached hydrogens (tertiary/aromatic N) is 5. The van der Waals surface area contributed by atoms with Gasteiger partial charge >= 0.3 is 5.52 Å². The van der Waals surface area contributed by atoms with E-state index in [2.05, 4.69) is 5.10 Å². The van der Waals surface area contributed by atoms with Gasteiger partial charge in [-0.15, -0.1) is 0 Å². The minimum atomic E-state index is 0.0192. The fourth-order valence-corrected chi connectivity index (χ4v) is 2.75. The number of benzene rings is 1. The zero-order valence-corrected chi connectivity index (χ0v) is 11.7. The highest BCUT2D eigenvalue weighted by atomic mass is 16.5. The van der Waals surface area contributed by atoms with Crippen LogP contribution in [0.5, 0.6) is 0 Å². The third-order valence-electron chi connectivity index (χ3n) is 3.88. The molecular weight excluding hydrogens is 270 g/mol. The monoisotopic (exact) mass is 285 g/mol. The molecule has 2 aromatic rings. The summed E-state index contributed by atoms with van der Waals surface area (Å²) in [5.41, 5.74) is 2.88. The van der Waals surface area contributed by atoms with Crippen molar-refractivity contribution in [1.82, 2.24) is 9.83 Å². The van der Waals surface area contributed by atoms with Gasteiger partial charge in [0.1, 0.15) is 5.52 Å². The fourth-order valence-electron chi connectivity index (χ4n) is 2.75. The summed E-state index contributed by atoms with van der Waals surface area (Å²) in [6.45, 7) is 0.349. The summed E-state index contributed by atoms with van der Waals surface area (Å²) in [6.07, 6.45) is 3.19. The Labute approximate surface area is 121 Å². The summed E-state index contributed by atoms with van der Waals surface area (Å²) >= 11 is 0. The maximum Gasteiger partial charge on any atom is 0.318 e. The smallest absolute Gasteiger partial charge is 0.318 e. The average Bonchev–Trinajstić information content (AvgIpc) is 2.94. The lowest BCUT2D eigenvalue weighted by atomic mass is 10.1. The summed E-state index contributed by atoms with van der Waals surface area (Å²) in [5.74, 6) is 0.0192. The molecule has 0 fully saturated rings. The van der Waals surface area contributed by atoms with E-state index in [0.29, 0.717) is 26.9 Å². The first-order valence-electron chi connectivity index (χ1n) is 6.89. The minimum Gasteiger partial charge on any atom is -0.803 e. The van der Waals surface area contributed by atoms with Crippen molar-refractivity contribution in [2.24, 2.45) is 0 Å². The highest BCUT2D eigenvalue weighted by molar-refractivity contribution is 5.76. The molecule has 1 aliphatic rings. The molecule has 7 nitrogen and oxygen atoms in total. The molecule has 0 spiro atoms. The van der Waals surface area contributed by atoms with Gasteiger partial charge in [-0.2, -0.15) is 5.26 Å². The summed E-state index contributed by atoms with van der Waals surface area (Å²) in [4.78, 5) is 13.6. The van der Waals surface area contributed by atoms with Crippen LogP contribution >= 0.6 is 0 Å². The molecule has 1 heterocycles. The Morgan fingerprint density at radius 1 is 1.48 bits per heavy atom. The third kappa shape index (κ3) is 2.18. The van der Waals surface area contributed by atoms with E-state index < -0.39 is 0 Å². The van der Waals surface area contributed by atoms with Crippen LogP contribution in [0.4, 0.5) is 5.95 Å². The number of hydrogen-bond donors (Lipinski definition) is 0. The third-order valence-corrected chi connectivity index (χ3v) is 3.88. The molecule has 1 aromatic carbocycles. The van der Waals surface area contributed by atoms with Crippen LogP contribution in [-0.4, -0.2) is 23.4 Å². The first-order valence-corrected chi connectivity index (χ1v) is 6.89. The van der Waals surface area contributed by atoms with E-state index in [1.165, 1.54) is 4.90 Å². The van der Waals surface area contributed by atoms with Crippen LogP contribution in [-0.2, 0) is 12.8 Å². The molecule has 0 bridgehead atoms. The van der Waals surface area contributed by atoms with Crippen molar-refractivity contribution in [2.75, 3.05) is 18.5 Å². The standard InChI is InChI=1S/C14H15N5O2/c1-17(7-3-6-15)14-16-19(21)13-9-11-5-2-4-10(11)8-12(13)18(14)20/h8-9H,2-5,7H2,1H3. The predicted molar refractivity (Wildman–Crippen MR) is 77.4 cm³/mol. The second-order valence-corrected chi connectivity index (χ2v) is 5.26. The van der Waals surface area contributed by atoms with Gasteiger partial charge in [0, 0.05) is 19.7 Å². The molecule has 0 aliphatic heterocycles. The molecule has 7 heteroatoms. The summed E-state index contributed by atoms with van der Waals surface area (Å²) in [6, 6.07) is 5.57. The Morgan fingerprint density at radius 2 is 2.19 bits per heavy atom. The number of fused-ring (bicyclic) bond motifs is 2. The summed E-state index contributed by atoms with van der Waals surface area (Å²) in [7, 11) is 1.65. The second kappa shape index (κ2) is 5.05. The van der Waals surface area contributed by atoms with E-state index in [1.807, 2.05) is 6.07 Å². The molecule has 0 saturated carbocycles. The number of anilines is 1. The van der Waals surface area contributed by atoms with Crippen LogP contribution < -0.4 is 9.44 Å². The maximum atomic E-state index is 12.5. The van der Waals surface area contributed by atoms with Gasteiger partial charge in [-0.25, -0.2) is 0 Å². The minimum absolute atomic E-state index is 0.0192. The van der Waals surface area contributed by atoms with Crippen LogP contribution in [0.3, 0.4) is 0 Å². The first-order chi connectivity index (χ1) is 10.1. The van der Waals surface area contributed by atoms with Crippen molar-refractivity contribution in [3.63, 3.8) is 0 Å². The van der Waals surface area contributed by atoms with Crippen LogP contribution in [0.1, 0.15) is 24.0 Å². The van der Waals surface area contributed by atoms with Crippen molar-refractivity contribution in [3.05, 3.63) is 33.4 Å². The number of rotatable bonds is 3. The normalized spacial score (nSPS) is 13.1. The zero-order valence-electron chi connectivity index (χ0n) is 11.7. The van der Waals surface area contributed by atoms with Gasteiger partial charge in [0.25, 0.3) is 5.95 Å². The lowest BCUT2D eigenvalue weighted by molar-refractivity contribution is -0.535. The Morgan fingerprint density at radius 3 is 2.90 bits per heavy atom. The molecule has 0 amide bonds. The number of hydrogen-bond acceptors (Lipinski definition) is 5. The van der Waals surface area contributed by atoms with E-state index in [-0.39, 0.29) is 12.4 Å². The Hall–Kier alpha value is -2.62. The number of nitriles is 1. The number of aryl methyl sites for hydroxylation is 2. The molecule has 108 valence electrons. The summed E-state index contributed by atoms with van der Waals surface area (Å²) < 4.78 is 1.18. The van der Waals surface area contributed by atoms with E-state index in [9.17, 15) is 10.1 Å². The molecule has 0 saturated heterocycles. The van der Waals surface area contributed by atoms with E-state index in [1.54, 1.807) is 19.2 Å². The van der Waals surface area contributed by atoms with Crippen molar-refractivity contribution in [1.29, 1.82) is 5.26 Å². The number of aromatic nitrogens is 3. The summed E-state index contributed by atoms with van der Waals surface area (Å²) in [5, 5.41) is 24.9. The van der Waals surface area contributed by atoms with Crippen LogP contribution in [0.2, 0.25) is 0 Å². The van der Waals surface area contributed by atoms with E-state index in [4.69, 9.17) is 5.26 Å². The lowest BCUT2D eigenvalue weighted by Crippen LogP contribution is -2.31. The Kier molecular flexibility index (Phi) is 3.22. The van der Waals surface area contributed by atoms with Crippen LogP contribution in [0, 0.1) is 21.4 Å². The highest BCUT2D eigenvalue weighted by Gasteiger charge is 2.21. The van der Waals surface area contributed by atoms with E-state index >= 15 is 0 Å². The van der Waals surface area contributed by atoms with Gasteiger partial charge in [0.05, 0.1) is 22.5 Å². The zero-order chi connectivity index (χ0) is 15.0. The van der Waals surface area contributed by atoms with Crippen LogP contribution in [0.25, 0.3) is 11.0 Å². The molecular formula is C14H15N5O2. The van der Waals surface area contributed by atoms with Gasteiger partial charge < -0.3 is 14.8 Å². The molecule has 1 aromatic heterocycles. The van der Waals surface area contributed by atoms with Crippen LogP contribution in [0.15, 0.2) is 12.1 Å². The molecule has 0 N–H and O–H groups in total. The fraction of sp³-hybridized carbons (Fsp3) is 0.429. The molecule has 0 radical (unpaired) electrons. The molecule has 0 unspecified atom stereocenters. The van der Waals surface area contributed by atoms with Crippen molar-refractivity contribution >= 4 is 17.0 Å². The first kappa shape index (κ1) is 13.4. The molecule has 3 rings (SSSR count). The molecule has 0 atom stereocenters. The van der Waals surface area contributed by atoms with Gasteiger partial charge in [0.2, 0.25) is 0 Å². The predicted octanol–water partition coefficient (Wildman–Crippen LogP) is 1.14.